The molecule has 2 aromatic carbocycles. The lowest BCUT2D eigenvalue weighted by molar-refractivity contribution is -0.131. The number of alkyl halides is 1. The molecule has 1 amide bonds. The number of hydrogen-bond donors (Lipinski definition) is 4. The molecule has 198 valence electrons. The monoisotopic (exact) mass is 529 g/mol. The van der Waals surface area contributed by atoms with Gasteiger partial charge >= 0.3 is 0 Å². The Hall–Kier alpha value is -3.07. The van der Waals surface area contributed by atoms with Gasteiger partial charge in [0.1, 0.15) is 23.2 Å². The Kier molecular flexibility index (Phi) is 9.97. The Morgan fingerprint density at radius 1 is 1.08 bits per heavy atom. The van der Waals surface area contributed by atoms with Crippen molar-refractivity contribution in [2.45, 2.75) is 39.0 Å². The summed E-state index contributed by atoms with van der Waals surface area (Å²) in [5.41, 5.74) is 3.11. The number of aromatic hydroxyl groups is 1. The highest BCUT2D eigenvalue weighted by atomic mass is 35.5. The summed E-state index contributed by atoms with van der Waals surface area (Å²) in [6, 6.07) is 10.3. The topological polar surface area (TPSA) is 141 Å². The number of hydrogen-bond acceptors (Lipinski definition) is 7. The number of rotatable bonds is 12. The Labute approximate surface area is 220 Å². The molecule has 3 unspecified atom stereocenters. The van der Waals surface area contributed by atoms with Gasteiger partial charge in [0.15, 0.2) is 5.78 Å². The summed E-state index contributed by atoms with van der Waals surface area (Å²) in [5.74, 6) is -2.83. The van der Waals surface area contributed by atoms with Crippen LogP contribution in [-0.2, 0) is 20.8 Å². The molecule has 0 saturated heterocycles. The summed E-state index contributed by atoms with van der Waals surface area (Å²) < 4.78 is 0. The standard InChI is InChI=1S/C28H32ClNO7/c1-16(33)10-25(35)23(15-32)19(8-9-31)11-17-12-22-21(6-7-24(34)28(22)26(36)13-17)18-2-4-20(5-3-18)30-27(37)14-29/h2-7,17,19,23,31-32,34H,8-15H2,1H3,(H,30,37). The highest BCUT2D eigenvalue weighted by Gasteiger charge is 2.35. The summed E-state index contributed by atoms with van der Waals surface area (Å²) in [7, 11) is 0. The molecule has 37 heavy (non-hydrogen) atoms. The molecule has 3 atom stereocenters. The van der Waals surface area contributed by atoms with Crippen LogP contribution in [0.25, 0.3) is 11.1 Å². The van der Waals surface area contributed by atoms with E-state index in [9.17, 15) is 34.5 Å². The van der Waals surface area contributed by atoms with Gasteiger partial charge < -0.3 is 20.6 Å². The third-order valence-electron chi connectivity index (χ3n) is 6.88. The van der Waals surface area contributed by atoms with Crippen molar-refractivity contribution >= 4 is 40.5 Å². The number of phenolic OH excluding ortho intramolecular Hbond substituents is 1. The lowest BCUT2D eigenvalue weighted by Gasteiger charge is -2.31. The van der Waals surface area contributed by atoms with E-state index < -0.39 is 18.4 Å². The maximum Gasteiger partial charge on any atom is 0.239 e. The van der Waals surface area contributed by atoms with Crippen molar-refractivity contribution < 1.29 is 34.5 Å². The van der Waals surface area contributed by atoms with E-state index in [1.54, 1.807) is 30.3 Å². The van der Waals surface area contributed by atoms with Crippen molar-refractivity contribution in [3.8, 4) is 16.9 Å². The fourth-order valence-electron chi connectivity index (χ4n) is 5.22. The zero-order valence-corrected chi connectivity index (χ0v) is 21.5. The summed E-state index contributed by atoms with van der Waals surface area (Å²) >= 11 is 5.55. The average Bonchev–Trinajstić information content (AvgIpc) is 2.84. The fraction of sp³-hybridized carbons (Fsp3) is 0.429. The smallest absolute Gasteiger partial charge is 0.239 e. The van der Waals surface area contributed by atoms with E-state index in [4.69, 9.17) is 11.6 Å². The first kappa shape index (κ1) is 28.5. The van der Waals surface area contributed by atoms with Crippen molar-refractivity contribution in [1.82, 2.24) is 0 Å². The maximum absolute atomic E-state index is 13.1. The van der Waals surface area contributed by atoms with Gasteiger partial charge in [-0.3, -0.25) is 19.2 Å². The lowest BCUT2D eigenvalue weighted by atomic mass is 9.72. The molecule has 0 bridgehead atoms. The molecule has 0 radical (unpaired) electrons. The third-order valence-corrected chi connectivity index (χ3v) is 7.12. The largest absolute Gasteiger partial charge is 0.507 e. The van der Waals surface area contributed by atoms with Gasteiger partial charge in [-0.1, -0.05) is 18.2 Å². The number of amides is 1. The predicted molar refractivity (Wildman–Crippen MR) is 140 cm³/mol. The highest BCUT2D eigenvalue weighted by molar-refractivity contribution is 6.29. The number of Topliss-reactive ketones (excluding diaryl/α,β-unsaturated/α-hetero) is 3. The minimum absolute atomic E-state index is 0.0926. The lowest BCUT2D eigenvalue weighted by Crippen LogP contribution is -2.32. The second-order valence-corrected chi connectivity index (χ2v) is 9.85. The van der Waals surface area contributed by atoms with E-state index in [1.807, 2.05) is 0 Å². The van der Waals surface area contributed by atoms with E-state index in [1.165, 1.54) is 13.0 Å². The maximum atomic E-state index is 13.1. The molecule has 1 aliphatic rings. The Bertz CT molecular complexity index is 1160. The number of carbonyl (C=O) groups is 4. The van der Waals surface area contributed by atoms with Crippen LogP contribution in [0.1, 0.15) is 48.5 Å². The molecular weight excluding hydrogens is 498 g/mol. The number of fused-ring (bicyclic) bond motifs is 1. The highest BCUT2D eigenvalue weighted by Crippen LogP contribution is 2.41. The molecule has 0 fully saturated rings. The number of benzene rings is 2. The summed E-state index contributed by atoms with van der Waals surface area (Å²) in [5, 5.41) is 32.7. The summed E-state index contributed by atoms with van der Waals surface area (Å²) in [6.45, 7) is 0.688. The number of anilines is 1. The molecule has 0 saturated carbocycles. The second kappa shape index (κ2) is 12.9. The normalized spacial score (nSPS) is 16.5. The SMILES string of the molecule is CC(=O)CC(=O)C(CO)C(CCO)CC1CC(=O)c2c(O)ccc(-c3ccc(NC(=O)CCl)cc3)c2C1. The number of halogens is 1. The van der Waals surface area contributed by atoms with Gasteiger partial charge in [0.05, 0.1) is 18.6 Å². The minimum atomic E-state index is -0.799. The van der Waals surface area contributed by atoms with Gasteiger partial charge in [-0.2, -0.15) is 0 Å². The molecule has 8 nitrogen and oxygen atoms in total. The van der Waals surface area contributed by atoms with Crippen LogP contribution in [0.15, 0.2) is 36.4 Å². The number of aliphatic hydroxyl groups is 2. The van der Waals surface area contributed by atoms with Gasteiger partial charge in [-0.15, -0.1) is 11.6 Å². The molecule has 4 N–H and O–H groups in total. The quantitative estimate of drug-likeness (QED) is 0.243. The van der Waals surface area contributed by atoms with Gasteiger partial charge in [0.2, 0.25) is 5.91 Å². The second-order valence-electron chi connectivity index (χ2n) is 9.58. The molecular formula is C28H32ClNO7. The third kappa shape index (κ3) is 7.03. The van der Waals surface area contributed by atoms with E-state index in [0.717, 1.165) is 11.1 Å². The van der Waals surface area contributed by atoms with E-state index in [2.05, 4.69) is 5.32 Å². The zero-order chi connectivity index (χ0) is 27.1. The number of phenols is 1. The molecule has 0 aliphatic heterocycles. The number of aliphatic hydroxyl groups excluding tert-OH is 2. The van der Waals surface area contributed by atoms with E-state index in [0.29, 0.717) is 24.1 Å². The molecule has 1 aliphatic carbocycles. The van der Waals surface area contributed by atoms with Crippen LogP contribution in [0, 0.1) is 17.8 Å². The molecule has 0 aromatic heterocycles. The number of carbonyl (C=O) groups excluding carboxylic acids is 4. The number of nitrogens with one attached hydrogen (secondary N) is 1. The van der Waals surface area contributed by atoms with Crippen molar-refractivity contribution in [2.24, 2.45) is 17.8 Å². The predicted octanol–water partition coefficient (Wildman–Crippen LogP) is 3.53. The van der Waals surface area contributed by atoms with Crippen molar-refractivity contribution in [3.05, 3.63) is 47.5 Å². The first-order valence-corrected chi connectivity index (χ1v) is 12.8. The van der Waals surface area contributed by atoms with Gasteiger partial charge in [0.25, 0.3) is 0 Å². The van der Waals surface area contributed by atoms with Crippen LogP contribution in [0.2, 0.25) is 0 Å². The first-order chi connectivity index (χ1) is 17.7. The summed E-state index contributed by atoms with van der Waals surface area (Å²) in [6.07, 6.45) is 0.998. The molecule has 2 aromatic rings. The number of ketones is 3. The van der Waals surface area contributed by atoms with Crippen molar-refractivity contribution in [2.75, 3.05) is 24.4 Å². The molecule has 0 heterocycles. The zero-order valence-electron chi connectivity index (χ0n) is 20.7. The molecule has 3 rings (SSSR count). The van der Waals surface area contributed by atoms with Crippen molar-refractivity contribution in [1.29, 1.82) is 0 Å². The summed E-state index contributed by atoms with van der Waals surface area (Å²) in [4.78, 5) is 48.8. The van der Waals surface area contributed by atoms with Crippen LogP contribution in [0.4, 0.5) is 5.69 Å². The van der Waals surface area contributed by atoms with Crippen LogP contribution in [0.5, 0.6) is 5.75 Å². The Balaban J connectivity index is 1.90. The molecule has 9 heteroatoms. The van der Waals surface area contributed by atoms with Crippen LogP contribution in [-0.4, -0.2) is 57.7 Å². The Morgan fingerprint density at radius 3 is 2.38 bits per heavy atom. The van der Waals surface area contributed by atoms with Crippen molar-refractivity contribution in [3.63, 3.8) is 0 Å². The van der Waals surface area contributed by atoms with Gasteiger partial charge in [-0.25, -0.2) is 0 Å². The van der Waals surface area contributed by atoms with Crippen LogP contribution >= 0.6 is 11.6 Å². The first-order valence-electron chi connectivity index (χ1n) is 12.3. The van der Waals surface area contributed by atoms with Gasteiger partial charge in [0, 0.05) is 24.6 Å². The van der Waals surface area contributed by atoms with Crippen LogP contribution < -0.4 is 5.32 Å². The Morgan fingerprint density at radius 2 is 1.78 bits per heavy atom. The fourth-order valence-corrected chi connectivity index (χ4v) is 5.28. The minimum Gasteiger partial charge on any atom is -0.507 e. The van der Waals surface area contributed by atoms with Gasteiger partial charge in [-0.05, 0) is 72.9 Å². The average molecular weight is 530 g/mol. The van der Waals surface area contributed by atoms with E-state index in [-0.39, 0.29) is 72.2 Å². The van der Waals surface area contributed by atoms with E-state index >= 15 is 0 Å². The van der Waals surface area contributed by atoms with Crippen LogP contribution in [0.3, 0.4) is 0 Å². The molecule has 0 spiro atoms.